The summed E-state index contributed by atoms with van der Waals surface area (Å²) < 4.78 is 19.4. The lowest BCUT2D eigenvalue weighted by molar-refractivity contribution is -0.385. The van der Waals surface area contributed by atoms with E-state index in [1.54, 1.807) is 31.4 Å². The summed E-state index contributed by atoms with van der Waals surface area (Å²) in [5.74, 6) is -0.344. The molecule has 1 aliphatic rings. The number of carbonyl (C=O) groups excluding carboxylic acids is 1. The number of fused-ring (bicyclic) bond motifs is 3. The van der Waals surface area contributed by atoms with Gasteiger partial charge in [0.2, 0.25) is 0 Å². The van der Waals surface area contributed by atoms with E-state index in [2.05, 4.69) is 10.2 Å². The molecule has 0 saturated carbocycles. The first-order chi connectivity index (χ1) is 15.9. The summed E-state index contributed by atoms with van der Waals surface area (Å²) in [6.45, 7) is 0.117. The summed E-state index contributed by atoms with van der Waals surface area (Å²) in [4.78, 5) is 26.6. The number of benzene rings is 3. The number of aromatic amines is 1. The molecule has 1 N–H and O–H groups in total. The van der Waals surface area contributed by atoms with Gasteiger partial charge >= 0.3 is 0 Å². The summed E-state index contributed by atoms with van der Waals surface area (Å²) in [7, 11) is 1.55. The minimum atomic E-state index is -0.961. The van der Waals surface area contributed by atoms with Crippen LogP contribution in [0.3, 0.4) is 0 Å². The van der Waals surface area contributed by atoms with Gasteiger partial charge in [-0.1, -0.05) is 23.7 Å². The first-order valence-electron chi connectivity index (χ1n) is 9.92. The van der Waals surface area contributed by atoms with Crippen LogP contribution in [0.15, 0.2) is 54.7 Å². The Morgan fingerprint density at radius 1 is 1.24 bits per heavy atom. The van der Waals surface area contributed by atoms with E-state index in [0.717, 1.165) is 5.56 Å². The number of H-pyrrole nitrogens is 1. The van der Waals surface area contributed by atoms with E-state index in [1.807, 2.05) is 0 Å². The van der Waals surface area contributed by atoms with Crippen molar-refractivity contribution in [2.24, 2.45) is 0 Å². The van der Waals surface area contributed by atoms with Gasteiger partial charge in [-0.3, -0.25) is 20.0 Å². The van der Waals surface area contributed by atoms with Crippen LogP contribution in [0.4, 0.5) is 10.1 Å². The van der Waals surface area contributed by atoms with Gasteiger partial charge in [0.1, 0.15) is 11.6 Å². The highest BCUT2D eigenvalue weighted by Gasteiger charge is 2.45. The zero-order valence-electron chi connectivity index (χ0n) is 17.2. The summed E-state index contributed by atoms with van der Waals surface area (Å²) in [5.41, 5.74) is 1.46. The molecule has 8 nitrogen and oxygen atoms in total. The third-order valence-corrected chi connectivity index (χ3v) is 6.13. The number of amides is 1. The average molecular weight is 467 g/mol. The number of rotatable bonds is 5. The maximum absolute atomic E-state index is 14.2. The SMILES string of the molecule is COc1ccc(CN2C(=O)c3c(c([N+](=O)[O-])cc4[nH]ncc34)C2c2cc(F)ccc2Cl)cc1. The summed E-state index contributed by atoms with van der Waals surface area (Å²) in [5, 5.41) is 19.3. The number of carbonyl (C=O) groups is 1. The minimum Gasteiger partial charge on any atom is -0.497 e. The number of nitro benzene ring substituents is 1. The fraction of sp³-hybridized carbons (Fsp3) is 0.130. The summed E-state index contributed by atoms with van der Waals surface area (Å²) in [6.07, 6.45) is 1.46. The van der Waals surface area contributed by atoms with E-state index in [4.69, 9.17) is 16.3 Å². The van der Waals surface area contributed by atoms with Crippen molar-refractivity contribution >= 4 is 34.1 Å². The van der Waals surface area contributed by atoms with E-state index in [-0.39, 0.29) is 33.9 Å². The molecule has 1 amide bonds. The van der Waals surface area contributed by atoms with Crippen molar-refractivity contribution in [1.82, 2.24) is 15.1 Å². The van der Waals surface area contributed by atoms with E-state index >= 15 is 0 Å². The Balaban J connectivity index is 1.75. The number of nitrogens with zero attached hydrogens (tertiary/aromatic N) is 3. The third kappa shape index (κ3) is 3.37. The summed E-state index contributed by atoms with van der Waals surface area (Å²) in [6, 6.07) is 11.3. The average Bonchev–Trinajstić information content (AvgIpc) is 3.38. The Morgan fingerprint density at radius 3 is 2.70 bits per heavy atom. The zero-order valence-corrected chi connectivity index (χ0v) is 18.0. The molecule has 33 heavy (non-hydrogen) atoms. The molecule has 0 radical (unpaired) electrons. The summed E-state index contributed by atoms with van der Waals surface area (Å²) >= 11 is 6.42. The quantitative estimate of drug-likeness (QED) is 0.329. The fourth-order valence-electron chi connectivity index (χ4n) is 4.31. The van der Waals surface area contributed by atoms with Crippen molar-refractivity contribution in [1.29, 1.82) is 0 Å². The second-order valence-electron chi connectivity index (χ2n) is 7.62. The number of halogens is 2. The van der Waals surface area contributed by atoms with Crippen molar-refractivity contribution in [2.75, 3.05) is 7.11 Å². The van der Waals surface area contributed by atoms with E-state index in [0.29, 0.717) is 16.7 Å². The van der Waals surface area contributed by atoms with Gasteiger partial charge in [0.15, 0.2) is 0 Å². The number of hydrogen-bond acceptors (Lipinski definition) is 5. The lowest BCUT2D eigenvalue weighted by Gasteiger charge is -2.26. The molecule has 3 aromatic carbocycles. The molecule has 0 saturated heterocycles. The molecule has 0 aliphatic carbocycles. The number of methoxy groups -OCH3 is 1. The molecule has 5 rings (SSSR count). The van der Waals surface area contributed by atoms with Crippen LogP contribution >= 0.6 is 11.6 Å². The second-order valence-corrected chi connectivity index (χ2v) is 8.03. The Bertz CT molecular complexity index is 1420. The van der Waals surface area contributed by atoms with Crippen LogP contribution in [0.5, 0.6) is 5.75 Å². The number of nitro groups is 1. The topological polar surface area (TPSA) is 101 Å². The molecule has 1 aliphatic heterocycles. The van der Waals surface area contributed by atoms with E-state index in [1.165, 1.54) is 35.4 Å². The van der Waals surface area contributed by atoms with Crippen LogP contribution in [-0.2, 0) is 6.54 Å². The standard InChI is InChI=1S/C23H16ClFN4O4/c1-33-14-5-2-12(3-6-14)11-28-22(15-8-13(25)4-7-17(15)24)21-19(29(31)32)9-18-16(10-26-27-18)20(21)23(28)30/h2-10,22H,11H2,1H3,(H,26,27). The predicted octanol–water partition coefficient (Wildman–Crippen LogP) is 5.02. The Morgan fingerprint density at radius 2 is 2.00 bits per heavy atom. The van der Waals surface area contributed by atoms with Crippen LogP contribution in [-0.4, -0.2) is 33.0 Å². The largest absolute Gasteiger partial charge is 0.497 e. The van der Waals surface area contributed by atoms with Gasteiger partial charge < -0.3 is 9.64 Å². The lowest BCUT2D eigenvalue weighted by Crippen LogP contribution is -2.28. The van der Waals surface area contributed by atoms with Gasteiger partial charge in [0.05, 0.1) is 40.9 Å². The molecule has 1 atom stereocenters. The molecule has 0 fully saturated rings. The van der Waals surface area contributed by atoms with Crippen molar-refractivity contribution < 1.29 is 18.8 Å². The smallest absolute Gasteiger partial charge is 0.278 e. The van der Waals surface area contributed by atoms with Crippen LogP contribution < -0.4 is 4.74 Å². The van der Waals surface area contributed by atoms with Gasteiger partial charge in [-0.2, -0.15) is 5.10 Å². The van der Waals surface area contributed by atoms with Crippen LogP contribution in [0, 0.1) is 15.9 Å². The molecule has 2 heterocycles. The van der Waals surface area contributed by atoms with Crippen molar-refractivity contribution in [3.05, 3.63) is 97.9 Å². The van der Waals surface area contributed by atoms with Crippen molar-refractivity contribution in [3.8, 4) is 5.75 Å². The molecular weight excluding hydrogens is 451 g/mol. The maximum Gasteiger partial charge on any atom is 0.278 e. The first kappa shape index (κ1) is 20.9. The molecule has 1 aromatic heterocycles. The first-order valence-corrected chi connectivity index (χ1v) is 10.3. The molecule has 166 valence electrons. The fourth-order valence-corrected chi connectivity index (χ4v) is 4.53. The van der Waals surface area contributed by atoms with Gasteiger partial charge in [-0.25, -0.2) is 4.39 Å². The van der Waals surface area contributed by atoms with Crippen LogP contribution in [0.25, 0.3) is 10.9 Å². The van der Waals surface area contributed by atoms with Crippen molar-refractivity contribution in [2.45, 2.75) is 12.6 Å². The Hall–Kier alpha value is -3.98. The molecule has 10 heteroatoms. The molecule has 0 bridgehead atoms. The minimum absolute atomic E-state index is 0.117. The maximum atomic E-state index is 14.2. The van der Waals surface area contributed by atoms with Crippen LogP contribution in [0.2, 0.25) is 5.02 Å². The number of ether oxygens (including phenoxy) is 1. The van der Waals surface area contributed by atoms with E-state index in [9.17, 15) is 19.3 Å². The molecule has 0 spiro atoms. The lowest BCUT2D eigenvalue weighted by atomic mass is 9.94. The highest BCUT2D eigenvalue weighted by atomic mass is 35.5. The Labute approximate surface area is 191 Å². The van der Waals surface area contributed by atoms with Gasteiger partial charge in [-0.15, -0.1) is 0 Å². The van der Waals surface area contributed by atoms with Crippen LogP contribution in [0.1, 0.15) is 33.1 Å². The van der Waals surface area contributed by atoms with Gasteiger partial charge in [-0.05, 0) is 35.9 Å². The molecular formula is C23H16ClFN4O4. The van der Waals surface area contributed by atoms with E-state index < -0.39 is 22.7 Å². The predicted molar refractivity (Wildman–Crippen MR) is 119 cm³/mol. The Kier molecular flexibility index (Phi) is 4.98. The highest BCUT2D eigenvalue weighted by molar-refractivity contribution is 6.31. The number of aromatic nitrogens is 2. The second kappa shape index (κ2) is 7.86. The number of hydrogen-bond donors (Lipinski definition) is 1. The monoisotopic (exact) mass is 466 g/mol. The highest BCUT2D eigenvalue weighted by Crippen LogP contribution is 2.48. The molecule has 4 aromatic rings. The van der Waals surface area contributed by atoms with Gasteiger partial charge in [0.25, 0.3) is 11.6 Å². The molecule has 1 unspecified atom stereocenters. The van der Waals surface area contributed by atoms with Gasteiger partial charge in [0, 0.05) is 28.6 Å². The normalized spacial score (nSPS) is 15.2. The third-order valence-electron chi connectivity index (χ3n) is 5.79. The number of nitrogens with one attached hydrogen (secondary N) is 1. The zero-order chi connectivity index (χ0) is 23.3. The van der Waals surface area contributed by atoms with Crippen molar-refractivity contribution in [3.63, 3.8) is 0 Å².